The molecule has 1 atom stereocenters. The van der Waals surface area contributed by atoms with Crippen molar-refractivity contribution in [2.45, 2.75) is 18.5 Å². The smallest absolute Gasteiger partial charge is 0.325 e. The van der Waals surface area contributed by atoms with E-state index < -0.39 is 17.4 Å². The highest BCUT2D eigenvalue weighted by Gasteiger charge is 2.54. The van der Waals surface area contributed by atoms with E-state index in [1.54, 1.807) is 24.3 Å². The van der Waals surface area contributed by atoms with Gasteiger partial charge in [0.05, 0.1) is 13.2 Å². The molecule has 0 aliphatic carbocycles. The largest absolute Gasteiger partial charge is 0.493 e. The molecule has 6 heteroatoms. The summed E-state index contributed by atoms with van der Waals surface area (Å²) in [6.45, 7) is 0.379. The quantitative estimate of drug-likeness (QED) is 0.863. The number of nitrogens with one attached hydrogen (secondary N) is 1. The van der Waals surface area contributed by atoms with E-state index in [1.807, 2.05) is 12.1 Å². The molecule has 1 fully saturated rings. The van der Waals surface area contributed by atoms with E-state index in [4.69, 9.17) is 4.74 Å². The van der Waals surface area contributed by atoms with Crippen LogP contribution in [0.2, 0.25) is 0 Å². The Morgan fingerprint density at radius 1 is 1.17 bits per heavy atom. The third-order valence-electron chi connectivity index (χ3n) is 4.49. The molecule has 0 aromatic heterocycles. The summed E-state index contributed by atoms with van der Waals surface area (Å²) in [4.78, 5) is 26.6. The maximum Gasteiger partial charge on any atom is 0.325 e. The van der Waals surface area contributed by atoms with Gasteiger partial charge in [-0.15, -0.1) is 0 Å². The maximum absolute atomic E-state index is 13.4. The van der Waals surface area contributed by atoms with E-state index >= 15 is 0 Å². The highest BCUT2D eigenvalue weighted by molar-refractivity contribution is 6.07. The van der Waals surface area contributed by atoms with Gasteiger partial charge < -0.3 is 10.1 Å². The number of ether oxygens (including phenoxy) is 1. The summed E-state index contributed by atoms with van der Waals surface area (Å²) < 4.78 is 19.0. The second kappa shape index (κ2) is 5.33. The zero-order valence-electron chi connectivity index (χ0n) is 12.8. The molecule has 2 aliphatic rings. The molecular weight excluding hydrogens is 311 g/mol. The lowest BCUT2D eigenvalue weighted by Crippen LogP contribution is -2.47. The minimum absolute atomic E-state index is 0.0349. The van der Waals surface area contributed by atoms with Gasteiger partial charge in [0, 0.05) is 12.0 Å². The van der Waals surface area contributed by atoms with Crippen LogP contribution in [-0.2, 0) is 16.9 Å². The number of halogens is 1. The highest BCUT2D eigenvalue weighted by Crippen LogP contribution is 2.41. The minimum Gasteiger partial charge on any atom is -0.493 e. The van der Waals surface area contributed by atoms with Crippen LogP contribution in [0.4, 0.5) is 9.18 Å². The first-order chi connectivity index (χ1) is 11.6. The van der Waals surface area contributed by atoms with Gasteiger partial charge in [-0.25, -0.2) is 9.18 Å². The Hall–Kier alpha value is -2.89. The van der Waals surface area contributed by atoms with Gasteiger partial charge in [0.2, 0.25) is 0 Å². The minimum atomic E-state index is -1.10. The number of carbonyl (C=O) groups excluding carboxylic acids is 2. The van der Waals surface area contributed by atoms with E-state index in [0.29, 0.717) is 29.9 Å². The Bertz CT molecular complexity index is 839. The van der Waals surface area contributed by atoms with Gasteiger partial charge in [0.1, 0.15) is 11.6 Å². The van der Waals surface area contributed by atoms with E-state index in [-0.39, 0.29) is 12.5 Å². The van der Waals surface area contributed by atoms with Gasteiger partial charge in [0.25, 0.3) is 5.91 Å². The Balaban J connectivity index is 1.70. The van der Waals surface area contributed by atoms with Crippen LogP contribution in [0.25, 0.3) is 0 Å². The highest BCUT2D eigenvalue weighted by atomic mass is 19.1. The number of para-hydroxylation sites is 1. The zero-order chi connectivity index (χ0) is 16.7. The molecule has 122 valence electrons. The topological polar surface area (TPSA) is 58.6 Å². The van der Waals surface area contributed by atoms with Crippen LogP contribution >= 0.6 is 0 Å². The first kappa shape index (κ1) is 14.7. The van der Waals surface area contributed by atoms with Crippen molar-refractivity contribution in [3.63, 3.8) is 0 Å². The molecule has 0 unspecified atom stereocenters. The number of fused-ring (bicyclic) bond motifs is 2. The molecule has 2 aromatic carbocycles. The molecule has 0 radical (unpaired) electrons. The Morgan fingerprint density at radius 2 is 2.00 bits per heavy atom. The first-order valence-corrected chi connectivity index (χ1v) is 7.71. The van der Waals surface area contributed by atoms with Crippen molar-refractivity contribution >= 4 is 11.9 Å². The molecule has 1 N–H and O–H groups in total. The predicted octanol–water partition coefficient (Wildman–Crippen LogP) is 2.56. The predicted molar refractivity (Wildman–Crippen MR) is 83.7 cm³/mol. The van der Waals surface area contributed by atoms with Crippen LogP contribution in [0, 0.1) is 5.82 Å². The molecule has 3 amide bonds. The number of rotatable bonds is 2. The van der Waals surface area contributed by atoms with Crippen molar-refractivity contribution < 1.29 is 18.7 Å². The number of hydrogen-bond donors (Lipinski definition) is 1. The van der Waals surface area contributed by atoms with Crippen molar-refractivity contribution in [3.8, 4) is 5.75 Å². The fourth-order valence-electron chi connectivity index (χ4n) is 3.33. The van der Waals surface area contributed by atoms with Crippen molar-refractivity contribution in [2.75, 3.05) is 6.61 Å². The molecule has 0 bridgehead atoms. The van der Waals surface area contributed by atoms with Gasteiger partial charge in [-0.1, -0.05) is 30.3 Å². The summed E-state index contributed by atoms with van der Waals surface area (Å²) in [5, 5.41) is 2.82. The summed E-state index contributed by atoms with van der Waals surface area (Å²) in [5.41, 5.74) is 0.131. The Morgan fingerprint density at radius 3 is 2.83 bits per heavy atom. The third kappa shape index (κ3) is 2.14. The molecule has 2 heterocycles. The average molecular weight is 326 g/mol. The monoisotopic (exact) mass is 326 g/mol. The van der Waals surface area contributed by atoms with Gasteiger partial charge in [-0.05, 0) is 23.8 Å². The van der Waals surface area contributed by atoms with Crippen molar-refractivity contribution in [2.24, 2.45) is 0 Å². The van der Waals surface area contributed by atoms with E-state index in [2.05, 4.69) is 5.32 Å². The molecule has 5 nitrogen and oxygen atoms in total. The normalized spacial score (nSPS) is 22.3. The van der Waals surface area contributed by atoms with Gasteiger partial charge in [0.15, 0.2) is 5.54 Å². The van der Waals surface area contributed by atoms with E-state index in [1.165, 1.54) is 12.1 Å². The van der Waals surface area contributed by atoms with E-state index in [9.17, 15) is 14.0 Å². The van der Waals surface area contributed by atoms with Gasteiger partial charge in [-0.3, -0.25) is 9.69 Å². The van der Waals surface area contributed by atoms with Crippen LogP contribution < -0.4 is 10.1 Å². The maximum atomic E-state index is 13.4. The van der Waals surface area contributed by atoms with Crippen LogP contribution in [0.1, 0.15) is 17.5 Å². The van der Waals surface area contributed by atoms with E-state index in [0.717, 1.165) is 4.90 Å². The second-order valence-electron chi connectivity index (χ2n) is 5.95. The molecular formula is C18H15FN2O3. The van der Waals surface area contributed by atoms with Crippen molar-refractivity contribution in [1.82, 2.24) is 10.2 Å². The van der Waals surface area contributed by atoms with Crippen molar-refractivity contribution in [3.05, 3.63) is 65.5 Å². The van der Waals surface area contributed by atoms with Crippen LogP contribution in [0.5, 0.6) is 5.75 Å². The lowest BCUT2D eigenvalue weighted by atomic mass is 9.84. The number of hydrogen-bond acceptors (Lipinski definition) is 3. The number of urea groups is 1. The molecule has 4 rings (SSSR count). The summed E-state index contributed by atoms with van der Waals surface area (Å²) in [6.07, 6.45) is 0.369. The summed E-state index contributed by atoms with van der Waals surface area (Å²) in [6, 6.07) is 12.6. The summed E-state index contributed by atoms with van der Waals surface area (Å²) in [7, 11) is 0. The number of amides is 3. The molecule has 1 saturated heterocycles. The molecule has 0 saturated carbocycles. The zero-order valence-corrected chi connectivity index (χ0v) is 12.8. The SMILES string of the molecule is O=C1N[C@@]2(CCOc3ccccc32)C(=O)N1Cc1cccc(F)c1. The lowest BCUT2D eigenvalue weighted by molar-refractivity contribution is -0.133. The molecule has 2 aromatic rings. The van der Waals surface area contributed by atoms with Gasteiger partial charge in [-0.2, -0.15) is 0 Å². The average Bonchev–Trinajstić information content (AvgIpc) is 2.80. The second-order valence-corrected chi connectivity index (χ2v) is 5.95. The van der Waals surface area contributed by atoms with Crippen LogP contribution in [0.15, 0.2) is 48.5 Å². The molecule has 1 spiro atoms. The van der Waals surface area contributed by atoms with Crippen LogP contribution in [-0.4, -0.2) is 23.4 Å². The molecule has 24 heavy (non-hydrogen) atoms. The number of imide groups is 1. The Labute approximate surface area is 138 Å². The van der Waals surface area contributed by atoms with Crippen molar-refractivity contribution in [1.29, 1.82) is 0 Å². The third-order valence-corrected chi connectivity index (χ3v) is 4.49. The fourth-order valence-corrected chi connectivity index (χ4v) is 3.33. The fraction of sp³-hybridized carbons (Fsp3) is 0.222. The van der Waals surface area contributed by atoms with Crippen LogP contribution in [0.3, 0.4) is 0 Å². The molecule has 2 aliphatic heterocycles. The number of benzene rings is 2. The summed E-state index contributed by atoms with van der Waals surface area (Å²) in [5.74, 6) is -0.122. The number of carbonyl (C=O) groups is 2. The summed E-state index contributed by atoms with van der Waals surface area (Å²) >= 11 is 0. The Kier molecular flexibility index (Phi) is 3.26. The lowest BCUT2D eigenvalue weighted by Gasteiger charge is -2.33. The van der Waals surface area contributed by atoms with Gasteiger partial charge >= 0.3 is 6.03 Å². The first-order valence-electron chi connectivity index (χ1n) is 7.71. The standard InChI is InChI=1S/C18H15FN2O3/c19-13-5-3-4-12(10-13)11-21-16(22)18(20-17(21)23)8-9-24-15-7-2-1-6-14(15)18/h1-7,10H,8-9,11H2,(H,20,23)/t18-/m1/s1. The number of nitrogens with zero attached hydrogens (tertiary/aromatic N) is 1.